The van der Waals surface area contributed by atoms with Gasteiger partial charge in [-0.05, 0) is 13.0 Å². The van der Waals surface area contributed by atoms with Gasteiger partial charge in [0.1, 0.15) is 30.2 Å². The first-order chi connectivity index (χ1) is 11.6. The number of anilines is 1. The molecule has 0 spiro atoms. The summed E-state index contributed by atoms with van der Waals surface area (Å²) in [5, 5.41) is 24.1. The molecule has 130 valence electrons. The van der Waals surface area contributed by atoms with Crippen molar-refractivity contribution < 1.29 is 14.9 Å². The maximum absolute atomic E-state index is 10.4. The van der Waals surface area contributed by atoms with E-state index in [2.05, 4.69) is 25.2 Å². The number of hydrogen-bond donors (Lipinski definition) is 4. The Labute approximate surface area is 138 Å². The highest BCUT2D eigenvalue weighted by Crippen LogP contribution is 2.32. The summed E-state index contributed by atoms with van der Waals surface area (Å²) in [7, 11) is 0. The van der Waals surface area contributed by atoms with Crippen molar-refractivity contribution >= 4 is 17.0 Å². The van der Waals surface area contributed by atoms with E-state index in [9.17, 15) is 10.2 Å². The number of nitrogen functional groups attached to an aromatic ring is 1. The molecule has 2 aliphatic heterocycles. The third kappa shape index (κ3) is 2.62. The van der Waals surface area contributed by atoms with Crippen molar-refractivity contribution in [3.63, 3.8) is 0 Å². The van der Waals surface area contributed by atoms with E-state index in [0.29, 0.717) is 17.7 Å². The Morgan fingerprint density at radius 3 is 2.96 bits per heavy atom. The fourth-order valence-corrected chi connectivity index (χ4v) is 3.32. The Kier molecular flexibility index (Phi) is 4.06. The largest absolute Gasteiger partial charge is 0.387 e. The number of aromatic nitrogens is 4. The Morgan fingerprint density at radius 2 is 2.17 bits per heavy atom. The molecule has 4 rings (SSSR count). The molecule has 2 fully saturated rings. The van der Waals surface area contributed by atoms with E-state index in [4.69, 9.17) is 10.5 Å². The number of nitrogens with two attached hydrogens (primary N) is 1. The summed E-state index contributed by atoms with van der Waals surface area (Å²) in [6.07, 6.45) is 0.599. The average molecular weight is 335 g/mol. The van der Waals surface area contributed by atoms with Gasteiger partial charge in [0.25, 0.3) is 0 Å². The predicted octanol–water partition coefficient (Wildman–Crippen LogP) is -1.72. The van der Waals surface area contributed by atoms with E-state index < -0.39 is 24.5 Å². The summed E-state index contributed by atoms with van der Waals surface area (Å²) >= 11 is 0. The number of nitrogens with zero attached hydrogens (tertiary/aromatic N) is 5. The van der Waals surface area contributed by atoms with Crippen molar-refractivity contribution in [1.29, 1.82) is 0 Å². The van der Waals surface area contributed by atoms with E-state index in [-0.39, 0.29) is 5.82 Å². The number of aliphatic hydroxyl groups is 2. The van der Waals surface area contributed by atoms with Gasteiger partial charge in [0.05, 0.1) is 6.33 Å². The lowest BCUT2D eigenvalue weighted by Gasteiger charge is -2.30. The summed E-state index contributed by atoms with van der Waals surface area (Å²) in [5.74, 6) is 0.266. The van der Waals surface area contributed by atoms with Gasteiger partial charge < -0.3 is 26.0 Å². The van der Waals surface area contributed by atoms with Crippen molar-refractivity contribution in [3.05, 3.63) is 12.7 Å². The van der Waals surface area contributed by atoms with Crippen LogP contribution >= 0.6 is 0 Å². The van der Waals surface area contributed by atoms with Crippen LogP contribution in [0.4, 0.5) is 5.82 Å². The van der Waals surface area contributed by atoms with Gasteiger partial charge in [-0.15, -0.1) is 0 Å². The first kappa shape index (κ1) is 15.7. The normalized spacial score (nSPS) is 31.8. The van der Waals surface area contributed by atoms with Gasteiger partial charge >= 0.3 is 0 Å². The lowest BCUT2D eigenvalue weighted by molar-refractivity contribution is -0.0460. The van der Waals surface area contributed by atoms with E-state index in [1.807, 2.05) is 0 Å². The van der Waals surface area contributed by atoms with Crippen LogP contribution in [0, 0.1) is 0 Å². The second-order valence-electron chi connectivity index (χ2n) is 6.22. The Morgan fingerprint density at radius 1 is 1.29 bits per heavy atom. The standard InChI is InChI=1S/C14H21N7O3/c15-12-9-13(18-5-17-12)21(7-19-9)14-11(23)10(22)8(24-14)4-20-3-1-2-16-6-20/h5,7-8,10-11,14,16,22-23H,1-4,6H2,(H2,15,17,18)/t8-,10-,11-,14-/m1/s1. The molecule has 0 bridgehead atoms. The fourth-order valence-electron chi connectivity index (χ4n) is 3.32. The van der Waals surface area contributed by atoms with Gasteiger partial charge in [-0.3, -0.25) is 9.47 Å². The molecule has 5 N–H and O–H groups in total. The fraction of sp³-hybridized carbons (Fsp3) is 0.643. The summed E-state index contributed by atoms with van der Waals surface area (Å²) in [6, 6.07) is 0. The molecule has 2 saturated heterocycles. The van der Waals surface area contributed by atoms with Crippen molar-refractivity contribution in [2.24, 2.45) is 0 Å². The quantitative estimate of drug-likeness (QED) is 0.516. The van der Waals surface area contributed by atoms with Crippen LogP contribution in [0.1, 0.15) is 12.6 Å². The molecule has 24 heavy (non-hydrogen) atoms. The second-order valence-corrected chi connectivity index (χ2v) is 6.22. The minimum atomic E-state index is -1.07. The molecule has 2 aromatic rings. The van der Waals surface area contributed by atoms with Gasteiger partial charge in [-0.1, -0.05) is 0 Å². The van der Waals surface area contributed by atoms with Crippen molar-refractivity contribution in [2.75, 3.05) is 32.0 Å². The number of nitrogens with one attached hydrogen (secondary N) is 1. The van der Waals surface area contributed by atoms with E-state index >= 15 is 0 Å². The molecule has 0 unspecified atom stereocenters. The summed E-state index contributed by atoms with van der Waals surface area (Å²) in [6.45, 7) is 3.24. The first-order valence-electron chi connectivity index (χ1n) is 8.03. The number of hydrogen-bond acceptors (Lipinski definition) is 9. The van der Waals surface area contributed by atoms with Crippen molar-refractivity contribution in [3.8, 4) is 0 Å². The topological polar surface area (TPSA) is 135 Å². The van der Waals surface area contributed by atoms with Crippen LogP contribution in [0.25, 0.3) is 11.2 Å². The monoisotopic (exact) mass is 335 g/mol. The van der Waals surface area contributed by atoms with Gasteiger partial charge in [-0.2, -0.15) is 0 Å². The molecular weight excluding hydrogens is 314 g/mol. The molecule has 0 amide bonds. The lowest BCUT2D eigenvalue weighted by atomic mass is 10.1. The van der Waals surface area contributed by atoms with Crippen LogP contribution in [0.2, 0.25) is 0 Å². The molecule has 0 aliphatic carbocycles. The first-order valence-corrected chi connectivity index (χ1v) is 8.03. The number of rotatable bonds is 3. The number of aliphatic hydroxyl groups excluding tert-OH is 2. The molecule has 4 atom stereocenters. The number of imidazole rings is 1. The minimum Gasteiger partial charge on any atom is -0.387 e. The van der Waals surface area contributed by atoms with Crippen molar-refractivity contribution in [2.45, 2.75) is 31.0 Å². The second kappa shape index (κ2) is 6.22. The highest BCUT2D eigenvalue weighted by molar-refractivity contribution is 5.81. The molecule has 10 nitrogen and oxygen atoms in total. The Hall–Kier alpha value is -1.85. The van der Waals surface area contributed by atoms with Crippen LogP contribution in [0.15, 0.2) is 12.7 Å². The summed E-state index contributed by atoms with van der Waals surface area (Å²) in [5.41, 5.74) is 6.71. The molecule has 2 aromatic heterocycles. The molecule has 0 saturated carbocycles. The Bertz CT molecular complexity index is 717. The maximum Gasteiger partial charge on any atom is 0.167 e. The van der Waals surface area contributed by atoms with Gasteiger partial charge in [-0.25, -0.2) is 15.0 Å². The lowest BCUT2D eigenvalue weighted by Crippen LogP contribution is -2.47. The third-order valence-corrected chi connectivity index (χ3v) is 4.60. The van der Waals surface area contributed by atoms with Gasteiger partial charge in [0.2, 0.25) is 0 Å². The molecule has 0 radical (unpaired) electrons. The molecule has 10 heteroatoms. The zero-order valence-corrected chi connectivity index (χ0v) is 13.1. The molecule has 4 heterocycles. The van der Waals surface area contributed by atoms with Crippen LogP contribution in [0.5, 0.6) is 0 Å². The van der Waals surface area contributed by atoms with Crippen LogP contribution < -0.4 is 11.1 Å². The van der Waals surface area contributed by atoms with Crippen LogP contribution in [0.3, 0.4) is 0 Å². The molecule has 0 aromatic carbocycles. The third-order valence-electron chi connectivity index (χ3n) is 4.60. The zero-order valence-electron chi connectivity index (χ0n) is 13.1. The van der Waals surface area contributed by atoms with E-state index in [1.165, 1.54) is 12.7 Å². The van der Waals surface area contributed by atoms with E-state index in [0.717, 1.165) is 26.2 Å². The van der Waals surface area contributed by atoms with Gasteiger partial charge in [0, 0.05) is 19.8 Å². The highest BCUT2D eigenvalue weighted by atomic mass is 16.6. The highest BCUT2D eigenvalue weighted by Gasteiger charge is 2.44. The van der Waals surface area contributed by atoms with Gasteiger partial charge in [0.15, 0.2) is 17.7 Å². The van der Waals surface area contributed by atoms with Crippen LogP contribution in [-0.2, 0) is 4.74 Å². The number of ether oxygens (including phenoxy) is 1. The summed E-state index contributed by atoms with van der Waals surface area (Å²) in [4.78, 5) is 14.4. The summed E-state index contributed by atoms with van der Waals surface area (Å²) < 4.78 is 7.53. The number of fused-ring (bicyclic) bond motifs is 1. The maximum atomic E-state index is 10.4. The molecular formula is C14H21N7O3. The SMILES string of the molecule is Nc1ncnc2c1ncn2[C@@H]1O[C@H](CN2CCCNC2)[C@@H](O)[C@H]1O. The molecule has 2 aliphatic rings. The predicted molar refractivity (Wildman–Crippen MR) is 84.7 cm³/mol. The zero-order chi connectivity index (χ0) is 16.7. The van der Waals surface area contributed by atoms with Crippen molar-refractivity contribution in [1.82, 2.24) is 29.7 Å². The van der Waals surface area contributed by atoms with E-state index in [1.54, 1.807) is 4.57 Å². The van der Waals surface area contributed by atoms with Crippen LogP contribution in [-0.4, -0.2) is 79.2 Å². The Balaban J connectivity index is 1.56. The smallest absolute Gasteiger partial charge is 0.167 e. The minimum absolute atomic E-state index is 0.266. The average Bonchev–Trinajstić information content (AvgIpc) is 3.13.